The van der Waals surface area contributed by atoms with Crippen molar-refractivity contribution in [3.8, 4) is 0 Å². The van der Waals surface area contributed by atoms with Gasteiger partial charge in [0.05, 0.1) is 22.2 Å². The quantitative estimate of drug-likeness (QED) is 0.709. The monoisotopic (exact) mass is 331 g/mol. The molecule has 1 heterocycles. The summed E-state index contributed by atoms with van der Waals surface area (Å²) in [6.07, 6.45) is 1.07. The zero-order valence-corrected chi connectivity index (χ0v) is 12.7. The normalized spacial score (nSPS) is 19.0. The van der Waals surface area contributed by atoms with E-state index >= 15 is 0 Å². The highest BCUT2D eigenvalue weighted by molar-refractivity contribution is 7.90. The lowest BCUT2D eigenvalue weighted by atomic mass is 10.2. The van der Waals surface area contributed by atoms with Crippen LogP contribution in [0.5, 0.6) is 0 Å². The average molecular weight is 332 g/mol. The minimum Gasteiger partial charge on any atom is -0.353 e. The van der Waals surface area contributed by atoms with E-state index in [1.165, 1.54) is 18.2 Å². The summed E-state index contributed by atoms with van der Waals surface area (Å²) in [5.41, 5.74) is 0.211. The van der Waals surface area contributed by atoms with E-state index in [2.05, 4.69) is 16.0 Å². The fourth-order valence-electron chi connectivity index (χ4n) is 1.80. The maximum Gasteiger partial charge on any atom is 0.243 e. The van der Waals surface area contributed by atoms with Gasteiger partial charge in [-0.2, -0.15) is 0 Å². The Balaban J connectivity index is 2.15. The Bertz CT molecular complexity index is 680. The molecule has 2 amide bonds. The number of sulfone groups is 1. The van der Waals surface area contributed by atoms with Gasteiger partial charge in [0.15, 0.2) is 9.84 Å². The number of hydrogen-bond acceptors (Lipinski definition) is 5. The SMILES string of the molecule is CS(=O)(=O)c1ccc(Cl)c(NC(=O)C2CNC(=O)CN2)c1. The van der Waals surface area contributed by atoms with Crippen LogP contribution in [0.1, 0.15) is 0 Å². The molecule has 2 rings (SSSR count). The van der Waals surface area contributed by atoms with Crippen molar-refractivity contribution in [3.05, 3.63) is 23.2 Å². The van der Waals surface area contributed by atoms with Gasteiger partial charge < -0.3 is 10.6 Å². The van der Waals surface area contributed by atoms with Crippen LogP contribution in [0, 0.1) is 0 Å². The first-order chi connectivity index (χ1) is 9.77. The summed E-state index contributed by atoms with van der Waals surface area (Å²) in [6, 6.07) is 3.48. The molecule has 114 valence electrons. The van der Waals surface area contributed by atoms with Gasteiger partial charge >= 0.3 is 0 Å². The molecule has 0 bridgehead atoms. The standard InChI is InChI=1S/C12H14ClN3O4S/c1-21(19,20)7-2-3-8(13)9(4-7)16-12(18)10-5-15-11(17)6-14-10/h2-4,10,14H,5-6H2,1H3,(H,15,17)(H,16,18). The molecule has 21 heavy (non-hydrogen) atoms. The summed E-state index contributed by atoms with van der Waals surface area (Å²) in [5, 5.41) is 8.12. The molecule has 1 aliphatic heterocycles. The van der Waals surface area contributed by atoms with Gasteiger partial charge in [0.2, 0.25) is 11.8 Å². The first kappa shape index (κ1) is 15.7. The molecule has 1 unspecified atom stereocenters. The molecule has 1 saturated heterocycles. The van der Waals surface area contributed by atoms with Crippen LogP contribution in [-0.4, -0.2) is 45.6 Å². The van der Waals surface area contributed by atoms with Crippen LogP contribution in [0.3, 0.4) is 0 Å². The van der Waals surface area contributed by atoms with Crippen molar-refractivity contribution in [3.63, 3.8) is 0 Å². The first-order valence-electron chi connectivity index (χ1n) is 6.08. The molecule has 0 radical (unpaired) electrons. The van der Waals surface area contributed by atoms with Gasteiger partial charge in [-0.05, 0) is 18.2 Å². The molecule has 0 aliphatic carbocycles. The Morgan fingerprint density at radius 2 is 2.14 bits per heavy atom. The van der Waals surface area contributed by atoms with Gasteiger partial charge in [-0.1, -0.05) is 11.6 Å². The maximum atomic E-state index is 12.1. The second kappa shape index (κ2) is 6.00. The van der Waals surface area contributed by atoms with E-state index in [9.17, 15) is 18.0 Å². The number of nitrogens with one attached hydrogen (secondary N) is 3. The molecule has 1 aromatic rings. The van der Waals surface area contributed by atoms with Gasteiger partial charge in [-0.3, -0.25) is 14.9 Å². The Labute approximate surface area is 127 Å². The van der Waals surface area contributed by atoms with E-state index in [0.717, 1.165) is 6.26 Å². The van der Waals surface area contributed by atoms with Crippen LogP contribution >= 0.6 is 11.6 Å². The Hall–Kier alpha value is -1.64. The van der Waals surface area contributed by atoms with Crippen LogP contribution in [0.25, 0.3) is 0 Å². The van der Waals surface area contributed by atoms with Crippen LogP contribution in [0.4, 0.5) is 5.69 Å². The van der Waals surface area contributed by atoms with Gasteiger partial charge in [0, 0.05) is 12.8 Å². The van der Waals surface area contributed by atoms with Crippen molar-refractivity contribution in [1.82, 2.24) is 10.6 Å². The van der Waals surface area contributed by atoms with Crippen LogP contribution in [-0.2, 0) is 19.4 Å². The van der Waals surface area contributed by atoms with Crippen molar-refractivity contribution in [2.75, 3.05) is 24.7 Å². The smallest absolute Gasteiger partial charge is 0.243 e. The number of piperazine rings is 1. The highest BCUT2D eigenvalue weighted by Crippen LogP contribution is 2.25. The molecule has 0 spiro atoms. The number of carbonyl (C=O) groups is 2. The van der Waals surface area contributed by atoms with Gasteiger partial charge in [-0.25, -0.2) is 8.42 Å². The van der Waals surface area contributed by atoms with E-state index in [1.54, 1.807) is 0 Å². The lowest BCUT2D eigenvalue weighted by Crippen LogP contribution is -2.56. The Morgan fingerprint density at radius 1 is 1.43 bits per heavy atom. The largest absolute Gasteiger partial charge is 0.353 e. The van der Waals surface area contributed by atoms with E-state index in [-0.39, 0.29) is 34.6 Å². The molecule has 7 nitrogen and oxygen atoms in total. The molecule has 9 heteroatoms. The minimum absolute atomic E-state index is 0.0508. The fraction of sp³-hybridized carbons (Fsp3) is 0.333. The fourth-order valence-corrected chi connectivity index (χ4v) is 2.61. The summed E-state index contributed by atoms with van der Waals surface area (Å²) in [6.45, 7) is 0.212. The second-order valence-corrected chi connectivity index (χ2v) is 7.06. The Morgan fingerprint density at radius 3 is 2.71 bits per heavy atom. The van der Waals surface area contributed by atoms with E-state index < -0.39 is 21.8 Å². The number of benzene rings is 1. The van der Waals surface area contributed by atoms with E-state index in [1.807, 2.05) is 0 Å². The molecular weight excluding hydrogens is 318 g/mol. The number of rotatable bonds is 3. The zero-order chi connectivity index (χ0) is 15.6. The van der Waals surface area contributed by atoms with Crippen LogP contribution in [0.15, 0.2) is 23.1 Å². The maximum absolute atomic E-state index is 12.1. The zero-order valence-electron chi connectivity index (χ0n) is 11.1. The lowest BCUT2D eigenvalue weighted by Gasteiger charge is -2.23. The summed E-state index contributed by atoms with van der Waals surface area (Å²) in [5.74, 6) is -0.585. The van der Waals surface area contributed by atoms with Gasteiger partial charge in [0.1, 0.15) is 6.04 Å². The summed E-state index contributed by atoms with van der Waals surface area (Å²) in [7, 11) is -3.39. The number of halogens is 1. The summed E-state index contributed by atoms with van der Waals surface area (Å²) in [4.78, 5) is 23.1. The molecule has 1 fully saturated rings. The number of anilines is 1. The predicted molar refractivity (Wildman–Crippen MR) is 78.0 cm³/mol. The van der Waals surface area contributed by atoms with Crippen molar-refractivity contribution >= 4 is 38.9 Å². The van der Waals surface area contributed by atoms with E-state index in [4.69, 9.17) is 11.6 Å². The van der Waals surface area contributed by atoms with Crippen molar-refractivity contribution in [2.24, 2.45) is 0 Å². The third kappa shape index (κ3) is 3.93. The van der Waals surface area contributed by atoms with Gasteiger partial charge in [0.25, 0.3) is 0 Å². The highest BCUT2D eigenvalue weighted by Gasteiger charge is 2.24. The topological polar surface area (TPSA) is 104 Å². The van der Waals surface area contributed by atoms with Gasteiger partial charge in [-0.15, -0.1) is 0 Å². The lowest BCUT2D eigenvalue weighted by molar-refractivity contribution is -0.124. The van der Waals surface area contributed by atoms with Crippen molar-refractivity contribution < 1.29 is 18.0 Å². The summed E-state index contributed by atoms with van der Waals surface area (Å²) >= 11 is 5.95. The molecule has 0 saturated carbocycles. The first-order valence-corrected chi connectivity index (χ1v) is 8.35. The number of amides is 2. The predicted octanol–water partition coefficient (Wildman–Crippen LogP) is -0.230. The molecular formula is C12H14ClN3O4S. The minimum atomic E-state index is -3.39. The van der Waals surface area contributed by atoms with E-state index in [0.29, 0.717) is 0 Å². The molecule has 1 aromatic carbocycles. The van der Waals surface area contributed by atoms with Crippen molar-refractivity contribution in [2.45, 2.75) is 10.9 Å². The van der Waals surface area contributed by atoms with Crippen LogP contribution < -0.4 is 16.0 Å². The number of hydrogen-bond donors (Lipinski definition) is 3. The van der Waals surface area contributed by atoms with Crippen molar-refractivity contribution in [1.29, 1.82) is 0 Å². The third-order valence-corrected chi connectivity index (χ3v) is 4.39. The second-order valence-electron chi connectivity index (χ2n) is 4.64. The number of carbonyl (C=O) groups excluding carboxylic acids is 2. The molecule has 0 aromatic heterocycles. The van der Waals surface area contributed by atoms with Crippen LogP contribution in [0.2, 0.25) is 5.02 Å². The molecule has 3 N–H and O–H groups in total. The third-order valence-electron chi connectivity index (χ3n) is 2.95. The highest BCUT2D eigenvalue weighted by atomic mass is 35.5. The summed E-state index contributed by atoms with van der Waals surface area (Å²) < 4.78 is 23.0. The molecule has 1 aliphatic rings. The average Bonchev–Trinajstić information content (AvgIpc) is 2.40. The molecule has 1 atom stereocenters. The Kier molecular flexibility index (Phi) is 4.50.